The summed E-state index contributed by atoms with van der Waals surface area (Å²) in [5.41, 5.74) is 1.07. The summed E-state index contributed by atoms with van der Waals surface area (Å²) in [4.78, 5) is 16.2. The van der Waals surface area contributed by atoms with E-state index in [4.69, 9.17) is 9.26 Å². The summed E-state index contributed by atoms with van der Waals surface area (Å²) in [6.07, 6.45) is 1.66. The third kappa shape index (κ3) is 4.35. The van der Waals surface area contributed by atoms with Crippen LogP contribution in [0.2, 0.25) is 0 Å². The maximum Gasteiger partial charge on any atom is 0.327 e. The third-order valence-electron chi connectivity index (χ3n) is 3.39. The molecule has 0 saturated carbocycles. The van der Waals surface area contributed by atoms with Crippen LogP contribution in [0.25, 0.3) is 0 Å². The maximum atomic E-state index is 13.4. The lowest BCUT2D eigenvalue weighted by Gasteiger charge is -2.16. The highest BCUT2D eigenvalue weighted by Crippen LogP contribution is 2.18. The van der Waals surface area contributed by atoms with Crippen LogP contribution in [0.4, 0.5) is 4.39 Å². The van der Waals surface area contributed by atoms with Gasteiger partial charge in [-0.1, -0.05) is 24.2 Å². The average molecular weight is 321 g/mol. The van der Waals surface area contributed by atoms with Gasteiger partial charge in [0, 0.05) is 6.42 Å². The number of carbonyl (C=O) groups is 1. The second-order valence-electron chi connectivity index (χ2n) is 5.20. The summed E-state index contributed by atoms with van der Waals surface area (Å²) >= 11 is 0. The molecule has 0 aliphatic heterocycles. The molecule has 2 rings (SSSR count). The number of hydrogen-bond acceptors (Lipinski definition) is 6. The zero-order chi connectivity index (χ0) is 16.8. The lowest BCUT2D eigenvalue weighted by atomic mass is 10.0. The van der Waals surface area contributed by atoms with Gasteiger partial charge in [-0.05, 0) is 30.5 Å². The number of aryl methyl sites for hydroxylation is 2. The quantitative estimate of drug-likeness (QED) is 0.790. The SMILES string of the molecule is CCCc1noc(CNC(C(=O)OC)c2ccc(F)c(C)c2)n1. The lowest BCUT2D eigenvalue weighted by Crippen LogP contribution is -2.29. The molecule has 124 valence electrons. The van der Waals surface area contributed by atoms with E-state index in [0.717, 1.165) is 12.8 Å². The lowest BCUT2D eigenvalue weighted by molar-refractivity contribution is -0.143. The van der Waals surface area contributed by atoms with E-state index < -0.39 is 12.0 Å². The number of nitrogens with one attached hydrogen (secondary N) is 1. The Labute approximate surface area is 134 Å². The molecule has 0 amide bonds. The minimum atomic E-state index is -0.735. The van der Waals surface area contributed by atoms with Crippen LogP contribution in [0.15, 0.2) is 22.7 Å². The smallest absolute Gasteiger partial charge is 0.327 e. The van der Waals surface area contributed by atoms with Gasteiger partial charge in [0.1, 0.15) is 11.9 Å². The van der Waals surface area contributed by atoms with E-state index in [0.29, 0.717) is 22.8 Å². The van der Waals surface area contributed by atoms with Crippen molar-refractivity contribution in [1.29, 1.82) is 0 Å². The Morgan fingerprint density at radius 1 is 1.48 bits per heavy atom. The van der Waals surface area contributed by atoms with Crippen LogP contribution < -0.4 is 5.32 Å². The number of benzene rings is 1. The minimum Gasteiger partial charge on any atom is -0.468 e. The second-order valence-corrected chi connectivity index (χ2v) is 5.20. The summed E-state index contributed by atoms with van der Waals surface area (Å²) < 4.78 is 23.3. The number of nitrogens with zero attached hydrogens (tertiary/aromatic N) is 2. The van der Waals surface area contributed by atoms with Crippen LogP contribution in [-0.2, 0) is 22.5 Å². The molecule has 0 bridgehead atoms. The number of hydrogen-bond donors (Lipinski definition) is 1. The number of aromatic nitrogens is 2. The Morgan fingerprint density at radius 3 is 2.91 bits per heavy atom. The van der Waals surface area contributed by atoms with Gasteiger partial charge in [0.25, 0.3) is 0 Å². The van der Waals surface area contributed by atoms with Gasteiger partial charge in [-0.15, -0.1) is 0 Å². The number of rotatable bonds is 7. The molecule has 0 aliphatic rings. The van der Waals surface area contributed by atoms with Gasteiger partial charge >= 0.3 is 5.97 Å². The molecule has 1 N–H and O–H groups in total. The van der Waals surface area contributed by atoms with Crippen molar-refractivity contribution in [3.63, 3.8) is 0 Å². The van der Waals surface area contributed by atoms with Crippen LogP contribution in [0, 0.1) is 12.7 Å². The normalized spacial score (nSPS) is 12.2. The molecule has 23 heavy (non-hydrogen) atoms. The van der Waals surface area contributed by atoms with E-state index >= 15 is 0 Å². The highest BCUT2D eigenvalue weighted by atomic mass is 19.1. The fourth-order valence-electron chi connectivity index (χ4n) is 2.18. The van der Waals surface area contributed by atoms with Gasteiger partial charge in [-0.2, -0.15) is 4.98 Å². The molecule has 1 aromatic heterocycles. The van der Waals surface area contributed by atoms with Gasteiger partial charge < -0.3 is 9.26 Å². The Bertz CT molecular complexity index is 672. The molecule has 0 saturated heterocycles. The monoisotopic (exact) mass is 321 g/mol. The first kappa shape index (κ1) is 17.1. The van der Waals surface area contributed by atoms with Crippen molar-refractivity contribution in [2.24, 2.45) is 0 Å². The summed E-state index contributed by atoms with van der Waals surface area (Å²) in [5, 5.41) is 6.87. The summed E-state index contributed by atoms with van der Waals surface area (Å²) in [5.74, 6) is 0.237. The van der Waals surface area contributed by atoms with E-state index in [9.17, 15) is 9.18 Å². The number of ether oxygens (including phenoxy) is 1. The molecule has 7 heteroatoms. The van der Waals surface area contributed by atoms with Crippen molar-refractivity contribution in [1.82, 2.24) is 15.5 Å². The molecule has 1 aromatic carbocycles. The Balaban J connectivity index is 2.12. The van der Waals surface area contributed by atoms with Crippen molar-refractivity contribution < 1.29 is 18.4 Å². The summed E-state index contributed by atoms with van der Waals surface area (Å²) in [6.45, 7) is 3.88. The molecule has 1 unspecified atom stereocenters. The molecule has 0 fully saturated rings. The van der Waals surface area contributed by atoms with Crippen molar-refractivity contribution in [3.8, 4) is 0 Å². The fraction of sp³-hybridized carbons (Fsp3) is 0.438. The predicted octanol–water partition coefficient (Wildman–Crippen LogP) is 2.47. The van der Waals surface area contributed by atoms with Gasteiger partial charge in [0.15, 0.2) is 5.82 Å². The van der Waals surface area contributed by atoms with Crippen molar-refractivity contribution in [2.75, 3.05) is 7.11 Å². The summed E-state index contributed by atoms with van der Waals surface area (Å²) in [6, 6.07) is 3.75. The van der Waals surface area contributed by atoms with E-state index in [-0.39, 0.29) is 12.4 Å². The maximum absolute atomic E-state index is 13.4. The molecule has 1 atom stereocenters. The van der Waals surface area contributed by atoms with E-state index in [1.165, 1.54) is 13.2 Å². The Kier molecular flexibility index (Phi) is 5.81. The molecular formula is C16H20FN3O3. The van der Waals surface area contributed by atoms with Crippen molar-refractivity contribution >= 4 is 5.97 Å². The number of carbonyl (C=O) groups excluding carboxylic acids is 1. The van der Waals surface area contributed by atoms with Gasteiger partial charge in [-0.25, -0.2) is 9.18 Å². The average Bonchev–Trinajstić information content (AvgIpc) is 2.98. The van der Waals surface area contributed by atoms with Crippen molar-refractivity contribution in [2.45, 2.75) is 39.3 Å². The number of esters is 1. The molecule has 0 radical (unpaired) electrons. The number of halogens is 1. The highest BCUT2D eigenvalue weighted by Gasteiger charge is 2.22. The Hall–Kier alpha value is -2.28. The topological polar surface area (TPSA) is 77.2 Å². The molecule has 6 nitrogen and oxygen atoms in total. The molecular weight excluding hydrogens is 301 g/mol. The van der Waals surface area contributed by atoms with Crippen LogP contribution in [0.1, 0.15) is 42.2 Å². The first-order chi connectivity index (χ1) is 11.0. The largest absolute Gasteiger partial charge is 0.468 e. The third-order valence-corrected chi connectivity index (χ3v) is 3.39. The van der Waals surface area contributed by atoms with Crippen LogP contribution in [0.3, 0.4) is 0 Å². The molecule has 2 aromatic rings. The van der Waals surface area contributed by atoms with Crippen LogP contribution in [-0.4, -0.2) is 23.2 Å². The zero-order valence-corrected chi connectivity index (χ0v) is 13.4. The number of methoxy groups -OCH3 is 1. The first-order valence-electron chi connectivity index (χ1n) is 7.43. The standard InChI is InChI=1S/C16H20FN3O3/c1-4-5-13-19-14(23-20-13)9-18-15(16(21)22-3)11-6-7-12(17)10(2)8-11/h6-8,15,18H,4-5,9H2,1-3H3. The van der Waals surface area contributed by atoms with Gasteiger partial charge in [0.2, 0.25) is 5.89 Å². The van der Waals surface area contributed by atoms with E-state index in [2.05, 4.69) is 15.5 Å². The van der Waals surface area contributed by atoms with Gasteiger partial charge in [-0.3, -0.25) is 5.32 Å². The van der Waals surface area contributed by atoms with Crippen LogP contribution >= 0.6 is 0 Å². The van der Waals surface area contributed by atoms with Crippen molar-refractivity contribution in [3.05, 3.63) is 46.9 Å². The Morgan fingerprint density at radius 2 is 2.26 bits per heavy atom. The first-order valence-corrected chi connectivity index (χ1v) is 7.43. The van der Waals surface area contributed by atoms with E-state index in [1.54, 1.807) is 19.1 Å². The minimum absolute atomic E-state index is 0.215. The molecule has 0 spiro atoms. The van der Waals surface area contributed by atoms with Crippen LogP contribution in [0.5, 0.6) is 0 Å². The van der Waals surface area contributed by atoms with E-state index in [1.807, 2.05) is 6.92 Å². The predicted molar refractivity (Wildman–Crippen MR) is 81.0 cm³/mol. The highest BCUT2D eigenvalue weighted by molar-refractivity contribution is 5.77. The summed E-state index contributed by atoms with van der Waals surface area (Å²) in [7, 11) is 1.31. The molecule has 1 heterocycles. The second kappa shape index (κ2) is 7.82. The zero-order valence-electron chi connectivity index (χ0n) is 13.4. The van der Waals surface area contributed by atoms with Gasteiger partial charge in [0.05, 0.1) is 13.7 Å². The fourth-order valence-corrected chi connectivity index (χ4v) is 2.18. The molecule has 0 aliphatic carbocycles.